The van der Waals surface area contributed by atoms with E-state index in [4.69, 9.17) is 0 Å². The van der Waals surface area contributed by atoms with Gasteiger partial charge in [0.05, 0.1) is 0 Å². The van der Waals surface area contributed by atoms with Crippen molar-refractivity contribution >= 4 is 17.6 Å². The first-order valence-corrected chi connectivity index (χ1v) is 7.61. The number of urea groups is 1. The van der Waals surface area contributed by atoms with E-state index in [0.717, 1.165) is 12.8 Å². The Morgan fingerprint density at radius 3 is 1.79 bits per heavy atom. The zero-order valence-electron chi connectivity index (χ0n) is 12.0. The van der Waals surface area contributed by atoms with Gasteiger partial charge in [-0.2, -0.15) is 4.99 Å². The van der Waals surface area contributed by atoms with Gasteiger partial charge in [0.15, 0.2) is 0 Å². The van der Waals surface area contributed by atoms with Crippen LogP contribution in [0.15, 0.2) is 4.99 Å². The molecule has 107 valence electrons. The highest BCUT2D eigenvalue weighted by Crippen LogP contribution is 2.12. The predicted octanol–water partition coefficient (Wildman–Crippen LogP) is 4.00. The zero-order valence-corrected chi connectivity index (χ0v) is 12.0. The molecule has 0 aromatic carbocycles. The molecule has 19 heavy (non-hydrogen) atoms. The van der Waals surface area contributed by atoms with Crippen molar-refractivity contribution < 1.29 is 9.59 Å². The van der Waals surface area contributed by atoms with Gasteiger partial charge in [-0.25, -0.2) is 4.79 Å². The predicted molar refractivity (Wildman–Crippen MR) is 76.4 cm³/mol. The monoisotopic (exact) mass is 265 g/mol. The van der Waals surface area contributed by atoms with Gasteiger partial charge in [0.1, 0.15) is 5.71 Å². The Morgan fingerprint density at radius 1 is 0.789 bits per heavy atom. The maximum atomic E-state index is 11.2. The van der Waals surface area contributed by atoms with E-state index < -0.39 is 11.9 Å². The van der Waals surface area contributed by atoms with Crippen LogP contribution in [-0.2, 0) is 4.79 Å². The maximum Gasteiger partial charge on any atom is 0.370 e. The molecular weight excluding hydrogens is 240 g/mol. The lowest BCUT2D eigenvalue weighted by Crippen LogP contribution is -2.18. The Bertz CT molecular complexity index is 324. The molecule has 0 fully saturated rings. The number of amides is 3. The van der Waals surface area contributed by atoms with Crippen LogP contribution in [-0.4, -0.2) is 17.6 Å². The molecule has 4 heteroatoms. The SMILES string of the molecule is CCCCCCCCCCCCC1=NC(=O)[N]C1=O. The summed E-state index contributed by atoms with van der Waals surface area (Å²) in [6, 6.07) is -0.632. The van der Waals surface area contributed by atoms with E-state index >= 15 is 0 Å². The first kappa shape index (κ1) is 15.9. The smallest absolute Gasteiger partial charge is 0.265 e. The largest absolute Gasteiger partial charge is 0.370 e. The zero-order chi connectivity index (χ0) is 13.9. The van der Waals surface area contributed by atoms with Crippen molar-refractivity contribution in [2.75, 3.05) is 0 Å². The Hall–Kier alpha value is -1.19. The lowest BCUT2D eigenvalue weighted by Gasteiger charge is -2.01. The molecule has 0 aliphatic carbocycles. The Labute approximate surface area is 116 Å². The highest BCUT2D eigenvalue weighted by atomic mass is 16.2. The summed E-state index contributed by atoms with van der Waals surface area (Å²) >= 11 is 0. The van der Waals surface area contributed by atoms with Gasteiger partial charge in [-0.05, 0) is 12.8 Å². The normalized spacial score (nSPS) is 14.7. The number of hydrogen-bond acceptors (Lipinski definition) is 2. The van der Waals surface area contributed by atoms with Crippen LogP contribution in [0.2, 0.25) is 0 Å². The summed E-state index contributed by atoms with van der Waals surface area (Å²) in [5.41, 5.74) is 0.351. The molecule has 0 bridgehead atoms. The minimum atomic E-state index is -0.632. The summed E-state index contributed by atoms with van der Waals surface area (Å²) < 4.78 is 0. The van der Waals surface area contributed by atoms with Crippen LogP contribution in [0.25, 0.3) is 0 Å². The third-order valence-electron chi connectivity index (χ3n) is 3.44. The van der Waals surface area contributed by atoms with Crippen molar-refractivity contribution in [2.24, 2.45) is 4.99 Å². The van der Waals surface area contributed by atoms with Crippen LogP contribution in [0.3, 0.4) is 0 Å². The number of unbranched alkanes of at least 4 members (excludes halogenated alkanes) is 9. The van der Waals surface area contributed by atoms with Gasteiger partial charge in [-0.1, -0.05) is 64.7 Å². The summed E-state index contributed by atoms with van der Waals surface area (Å²) in [7, 11) is 0. The minimum absolute atomic E-state index is 0.351. The van der Waals surface area contributed by atoms with E-state index in [-0.39, 0.29) is 0 Å². The fourth-order valence-corrected chi connectivity index (χ4v) is 2.28. The third kappa shape index (κ3) is 7.09. The number of nitrogens with zero attached hydrogens (tertiary/aromatic N) is 2. The molecule has 1 rings (SSSR count). The second-order valence-electron chi connectivity index (χ2n) is 5.19. The molecule has 0 saturated carbocycles. The quantitative estimate of drug-likeness (QED) is 0.530. The fraction of sp³-hybridized carbons (Fsp3) is 0.800. The van der Waals surface area contributed by atoms with Crippen molar-refractivity contribution in [3.63, 3.8) is 0 Å². The molecule has 1 heterocycles. The molecule has 0 unspecified atom stereocenters. The van der Waals surface area contributed by atoms with Crippen molar-refractivity contribution in [1.82, 2.24) is 5.32 Å². The van der Waals surface area contributed by atoms with E-state index in [1.807, 2.05) is 0 Å². The molecule has 1 aliphatic rings. The molecule has 1 aliphatic heterocycles. The van der Waals surface area contributed by atoms with Gasteiger partial charge >= 0.3 is 6.03 Å². The number of carbonyl (C=O) groups is 2. The molecular formula is C15H25N2O2. The first-order chi connectivity index (χ1) is 9.24. The average Bonchev–Trinajstić information content (AvgIpc) is 2.70. The number of imide groups is 1. The minimum Gasteiger partial charge on any atom is -0.265 e. The lowest BCUT2D eigenvalue weighted by molar-refractivity contribution is -0.113. The summed E-state index contributed by atoms with van der Waals surface area (Å²) in [5, 5.41) is 3.25. The van der Waals surface area contributed by atoms with Crippen LogP contribution in [0, 0.1) is 0 Å². The summed E-state index contributed by atoms with van der Waals surface area (Å²) in [6.45, 7) is 2.24. The first-order valence-electron chi connectivity index (χ1n) is 7.61. The topological polar surface area (TPSA) is 60.6 Å². The molecule has 0 N–H and O–H groups in total. The molecule has 4 nitrogen and oxygen atoms in total. The van der Waals surface area contributed by atoms with Crippen molar-refractivity contribution in [1.29, 1.82) is 0 Å². The maximum absolute atomic E-state index is 11.2. The number of aliphatic imine (C=N–C) groups is 1. The second-order valence-corrected chi connectivity index (χ2v) is 5.19. The van der Waals surface area contributed by atoms with E-state index in [9.17, 15) is 9.59 Å². The van der Waals surface area contributed by atoms with Gasteiger partial charge in [0.2, 0.25) is 0 Å². The van der Waals surface area contributed by atoms with Crippen molar-refractivity contribution in [2.45, 2.75) is 77.6 Å². The van der Waals surface area contributed by atoms with Crippen molar-refractivity contribution in [3.05, 3.63) is 0 Å². The van der Waals surface area contributed by atoms with Crippen LogP contribution in [0.4, 0.5) is 4.79 Å². The Morgan fingerprint density at radius 2 is 1.32 bits per heavy atom. The van der Waals surface area contributed by atoms with Crippen LogP contribution < -0.4 is 5.32 Å². The second kappa shape index (κ2) is 9.70. The van der Waals surface area contributed by atoms with Crippen LogP contribution >= 0.6 is 0 Å². The number of hydrogen-bond donors (Lipinski definition) is 0. The van der Waals surface area contributed by atoms with Gasteiger partial charge in [-0.3, -0.25) is 4.79 Å². The fourth-order valence-electron chi connectivity index (χ4n) is 2.28. The van der Waals surface area contributed by atoms with E-state index in [1.54, 1.807) is 0 Å². The van der Waals surface area contributed by atoms with E-state index in [0.29, 0.717) is 12.1 Å². The van der Waals surface area contributed by atoms with Gasteiger partial charge < -0.3 is 0 Å². The van der Waals surface area contributed by atoms with E-state index in [2.05, 4.69) is 17.2 Å². The molecule has 1 radical (unpaired) electrons. The standard InChI is InChI=1S/C15H25N2O2/c1-2-3-4-5-6-7-8-9-10-11-12-13-14(18)17-15(19)16-13/h2-12H2,1H3. The number of carbonyl (C=O) groups excluding carboxylic acids is 2. The van der Waals surface area contributed by atoms with Gasteiger partial charge in [-0.15, -0.1) is 5.32 Å². The van der Waals surface area contributed by atoms with E-state index in [1.165, 1.54) is 51.4 Å². The molecule has 0 aromatic rings. The average molecular weight is 265 g/mol. The molecule has 0 atom stereocenters. The van der Waals surface area contributed by atoms with Crippen molar-refractivity contribution in [3.8, 4) is 0 Å². The summed E-state index contributed by atoms with van der Waals surface area (Å²) in [4.78, 5) is 25.5. The number of rotatable bonds is 11. The highest BCUT2D eigenvalue weighted by Gasteiger charge is 2.24. The third-order valence-corrected chi connectivity index (χ3v) is 3.44. The molecule has 0 saturated heterocycles. The Kier molecular flexibility index (Phi) is 8.10. The van der Waals surface area contributed by atoms with Gasteiger partial charge in [0.25, 0.3) is 5.91 Å². The summed E-state index contributed by atoms with van der Waals surface area (Å²) in [6.07, 6.45) is 13.2. The highest BCUT2D eigenvalue weighted by molar-refractivity contribution is 6.46. The molecule has 0 spiro atoms. The van der Waals surface area contributed by atoms with Gasteiger partial charge in [0, 0.05) is 0 Å². The molecule has 0 aromatic heterocycles. The Balaban J connectivity index is 1.88. The van der Waals surface area contributed by atoms with Crippen LogP contribution in [0.5, 0.6) is 0 Å². The molecule has 3 amide bonds. The lowest BCUT2D eigenvalue weighted by atomic mass is 10.0. The summed E-state index contributed by atoms with van der Waals surface area (Å²) in [5.74, 6) is -0.430. The van der Waals surface area contributed by atoms with Crippen LogP contribution in [0.1, 0.15) is 77.6 Å².